The molecule has 1 heterocycles. The average molecular weight is 416 g/mol. The van der Waals surface area contributed by atoms with Gasteiger partial charge in [-0.3, -0.25) is 9.40 Å². The summed E-state index contributed by atoms with van der Waals surface area (Å²) in [5, 5.41) is 4.45. The number of halogens is 1. The lowest BCUT2D eigenvalue weighted by Gasteiger charge is -2.19. The van der Waals surface area contributed by atoms with Gasteiger partial charge in [0.1, 0.15) is 5.82 Å². The van der Waals surface area contributed by atoms with Gasteiger partial charge in [-0.25, -0.2) is 12.8 Å². The maximum atomic E-state index is 13.1. The number of hydrogen-bond donors (Lipinski definition) is 1. The molecule has 0 amide bonds. The fourth-order valence-electron chi connectivity index (χ4n) is 3.09. The van der Waals surface area contributed by atoms with Crippen molar-refractivity contribution in [3.8, 4) is 0 Å². The number of rotatable bonds is 5. The SMILES string of the molecule is Cc1nn(Cc2ccc(F)cc2)c(C)c1NS(=O)(=O)c1ccc(C(C)(C)C)cc1. The smallest absolute Gasteiger partial charge is 0.262 e. The van der Waals surface area contributed by atoms with Crippen molar-refractivity contribution in [2.24, 2.45) is 0 Å². The first-order chi connectivity index (χ1) is 13.5. The van der Waals surface area contributed by atoms with Gasteiger partial charge in [-0.05, 0) is 54.7 Å². The summed E-state index contributed by atoms with van der Waals surface area (Å²) in [5.74, 6) is -0.298. The molecule has 2 aromatic carbocycles. The van der Waals surface area contributed by atoms with Crippen LogP contribution in [-0.4, -0.2) is 18.2 Å². The van der Waals surface area contributed by atoms with Crippen LogP contribution in [0.5, 0.6) is 0 Å². The fraction of sp³-hybridized carbons (Fsp3) is 0.318. The van der Waals surface area contributed by atoms with Crippen LogP contribution >= 0.6 is 0 Å². The van der Waals surface area contributed by atoms with Crippen molar-refractivity contribution in [1.82, 2.24) is 9.78 Å². The lowest BCUT2D eigenvalue weighted by atomic mass is 9.87. The zero-order chi connectivity index (χ0) is 21.4. The predicted octanol–water partition coefficient (Wildman–Crippen LogP) is 4.79. The Morgan fingerprint density at radius 2 is 1.59 bits per heavy atom. The topological polar surface area (TPSA) is 64.0 Å². The number of anilines is 1. The van der Waals surface area contributed by atoms with Gasteiger partial charge in [-0.2, -0.15) is 5.10 Å². The van der Waals surface area contributed by atoms with Gasteiger partial charge in [-0.1, -0.05) is 45.0 Å². The highest BCUT2D eigenvalue weighted by atomic mass is 32.2. The molecule has 0 aliphatic rings. The molecule has 0 unspecified atom stereocenters. The van der Waals surface area contributed by atoms with Crippen LogP contribution in [0.25, 0.3) is 0 Å². The third kappa shape index (κ3) is 4.67. The number of benzene rings is 2. The van der Waals surface area contributed by atoms with Crippen molar-refractivity contribution < 1.29 is 12.8 Å². The molecule has 3 rings (SSSR count). The Morgan fingerprint density at radius 3 is 2.14 bits per heavy atom. The van der Waals surface area contributed by atoms with E-state index in [4.69, 9.17) is 0 Å². The summed E-state index contributed by atoms with van der Waals surface area (Å²) >= 11 is 0. The second-order valence-electron chi connectivity index (χ2n) is 8.21. The maximum absolute atomic E-state index is 13.1. The van der Waals surface area contributed by atoms with E-state index in [0.717, 1.165) is 11.1 Å². The minimum absolute atomic E-state index is 0.0512. The monoisotopic (exact) mass is 415 g/mol. The predicted molar refractivity (Wildman–Crippen MR) is 113 cm³/mol. The van der Waals surface area contributed by atoms with Crippen LogP contribution in [0, 0.1) is 19.7 Å². The summed E-state index contributed by atoms with van der Waals surface area (Å²) in [4.78, 5) is 0.204. The Kier molecular flexibility index (Phi) is 5.54. The zero-order valence-corrected chi connectivity index (χ0v) is 18.1. The fourth-order valence-corrected chi connectivity index (χ4v) is 4.27. The van der Waals surface area contributed by atoms with Crippen molar-refractivity contribution >= 4 is 15.7 Å². The molecule has 1 aromatic heterocycles. The number of nitrogens with zero attached hydrogens (tertiary/aromatic N) is 2. The van der Waals surface area contributed by atoms with E-state index in [1.165, 1.54) is 12.1 Å². The molecule has 0 radical (unpaired) electrons. The largest absolute Gasteiger partial charge is 0.276 e. The molecule has 154 valence electrons. The quantitative estimate of drug-likeness (QED) is 0.652. The molecule has 0 saturated carbocycles. The standard InChI is InChI=1S/C22H26FN3O2S/c1-15-21(16(2)26(24-15)14-17-6-10-19(23)11-7-17)25-29(27,28)20-12-8-18(9-13-20)22(3,4)5/h6-13,25H,14H2,1-5H3. The summed E-state index contributed by atoms with van der Waals surface area (Å²) in [7, 11) is -3.74. The molecule has 0 aliphatic heterocycles. The van der Waals surface area contributed by atoms with E-state index in [9.17, 15) is 12.8 Å². The Balaban J connectivity index is 1.85. The van der Waals surface area contributed by atoms with Gasteiger partial charge in [0.2, 0.25) is 0 Å². The van der Waals surface area contributed by atoms with E-state index >= 15 is 0 Å². The summed E-state index contributed by atoms with van der Waals surface area (Å²) < 4.78 is 43.3. The van der Waals surface area contributed by atoms with Crippen LogP contribution in [-0.2, 0) is 22.0 Å². The van der Waals surface area contributed by atoms with Gasteiger partial charge >= 0.3 is 0 Å². The first kappa shape index (κ1) is 21.0. The first-order valence-corrected chi connectivity index (χ1v) is 10.9. The number of nitrogens with one attached hydrogen (secondary N) is 1. The van der Waals surface area contributed by atoms with Crippen molar-refractivity contribution in [2.75, 3.05) is 4.72 Å². The highest BCUT2D eigenvalue weighted by Crippen LogP contribution is 2.26. The van der Waals surface area contributed by atoms with Crippen molar-refractivity contribution in [2.45, 2.75) is 51.5 Å². The lowest BCUT2D eigenvalue weighted by Crippen LogP contribution is -2.15. The van der Waals surface area contributed by atoms with Gasteiger partial charge in [-0.15, -0.1) is 0 Å². The first-order valence-electron chi connectivity index (χ1n) is 9.39. The molecule has 5 nitrogen and oxygen atoms in total. The average Bonchev–Trinajstić information content (AvgIpc) is 2.90. The van der Waals surface area contributed by atoms with Crippen LogP contribution in [0.1, 0.15) is 43.3 Å². The van der Waals surface area contributed by atoms with Gasteiger partial charge < -0.3 is 0 Å². The molecule has 7 heteroatoms. The Labute approximate surface area is 171 Å². The summed E-state index contributed by atoms with van der Waals surface area (Å²) in [6.45, 7) is 10.2. The molecule has 0 bridgehead atoms. The van der Waals surface area contributed by atoms with E-state index < -0.39 is 10.0 Å². The molecular formula is C22H26FN3O2S. The van der Waals surface area contributed by atoms with Crippen molar-refractivity contribution in [3.63, 3.8) is 0 Å². The number of sulfonamides is 1. The molecular weight excluding hydrogens is 389 g/mol. The summed E-state index contributed by atoms with van der Waals surface area (Å²) in [6, 6.07) is 13.1. The van der Waals surface area contributed by atoms with Crippen LogP contribution in [0.3, 0.4) is 0 Å². The Morgan fingerprint density at radius 1 is 1.00 bits per heavy atom. The van der Waals surface area contributed by atoms with Crippen molar-refractivity contribution in [3.05, 3.63) is 76.9 Å². The number of hydrogen-bond acceptors (Lipinski definition) is 3. The molecule has 0 atom stereocenters. The van der Waals surface area contributed by atoms with E-state index in [0.29, 0.717) is 23.6 Å². The second kappa shape index (κ2) is 7.63. The molecule has 0 saturated heterocycles. The molecule has 1 N–H and O–H groups in total. The van der Waals surface area contributed by atoms with Crippen LogP contribution < -0.4 is 4.72 Å². The van der Waals surface area contributed by atoms with Gasteiger partial charge in [0.15, 0.2) is 0 Å². The molecule has 0 fully saturated rings. The van der Waals surface area contributed by atoms with Gasteiger partial charge in [0.25, 0.3) is 10.0 Å². The van der Waals surface area contributed by atoms with Crippen LogP contribution in [0.2, 0.25) is 0 Å². The second-order valence-corrected chi connectivity index (χ2v) is 9.89. The Bertz CT molecular complexity index is 1110. The van der Waals surface area contributed by atoms with E-state index in [1.807, 2.05) is 19.1 Å². The zero-order valence-electron chi connectivity index (χ0n) is 17.3. The highest BCUT2D eigenvalue weighted by molar-refractivity contribution is 7.92. The Hall–Kier alpha value is -2.67. The van der Waals surface area contributed by atoms with E-state index in [2.05, 4.69) is 30.6 Å². The molecule has 0 spiro atoms. The molecule has 0 aliphatic carbocycles. The third-order valence-corrected chi connectivity index (χ3v) is 6.26. The number of aromatic nitrogens is 2. The van der Waals surface area contributed by atoms with Gasteiger partial charge in [0, 0.05) is 0 Å². The normalized spacial score (nSPS) is 12.2. The minimum atomic E-state index is -3.74. The van der Waals surface area contributed by atoms with Crippen molar-refractivity contribution in [1.29, 1.82) is 0 Å². The summed E-state index contributed by atoms with van der Waals surface area (Å²) in [5.41, 5.74) is 3.64. The highest BCUT2D eigenvalue weighted by Gasteiger charge is 2.21. The van der Waals surface area contributed by atoms with E-state index in [1.54, 1.807) is 35.9 Å². The van der Waals surface area contributed by atoms with Crippen LogP contribution in [0.4, 0.5) is 10.1 Å². The molecule has 3 aromatic rings. The van der Waals surface area contributed by atoms with Crippen LogP contribution in [0.15, 0.2) is 53.4 Å². The maximum Gasteiger partial charge on any atom is 0.262 e. The number of aryl methyl sites for hydroxylation is 1. The lowest BCUT2D eigenvalue weighted by molar-refractivity contribution is 0.587. The van der Waals surface area contributed by atoms with E-state index in [-0.39, 0.29) is 16.1 Å². The minimum Gasteiger partial charge on any atom is -0.276 e. The third-order valence-electron chi connectivity index (χ3n) is 4.89. The summed E-state index contributed by atoms with van der Waals surface area (Å²) in [6.07, 6.45) is 0. The molecule has 29 heavy (non-hydrogen) atoms. The van der Waals surface area contributed by atoms with Gasteiger partial charge in [0.05, 0.1) is 28.5 Å².